The Kier molecular flexibility index (Phi) is 7.39. The summed E-state index contributed by atoms with van der Waals surface area (Å²) in [5, 5.41) is 0. The maximum absolute atomic E-state index is 10.9. The number of hydrogen-bond acceptors (Lipinski definition) is 1. The SMILES string of the molecule is CC(C)CC[NH+](CCC(C)C)CC(N)=O. The molecule has 0 unspecified atom stereocenters. The van der Waals surface area contributed by atoms with E-state index in [0.29, 0.717) is 18.4 Å². The van der Waals surface area contributed by atoms with Gasteiger partial charge in [0.25, 0.3) is 5.91 Å². The van der Waals surface area contributed by atoms with Crippen molar-refractivity contribution in [2.24, 2.45) is 17.6 Å². The van der Waals surface area contributed by atoms with Gasteiger partial charge in [-0.15, -0.1) is 0 Å². The van der Waals surface area contributed by atoms with Gasteiger partial charge >= 0.3 is 0 Å². The van der Waals surface area contributed by atoms with Crippen molar-refractivity contribution >= 4 is 5.91 Å². The third-order valence-corrected chi connectivity index (χ3v) is 2.57. The van der Waals surface area contributed by atoms with E-state index in [4.69, 9.17) is 5.73 Å². The van der Waals surface area contributed by atoms with Gasteiger partial charge in [-0.3, -0.25) is 4.79 Å². The summed E-state index contributed by atoms with van der Waals surface area (Å²) in [6.07, 6.45) is 2.33. The van der Waals surface area contributed by atoms with Crippen LogP contribution in [0.3, 0.4) is 0 Å². The Morgan fingerprint density at radius 1 is 1.07 bits per heavy atom. The number of primary amides is 1. The molecule has 1 amide bonds. The van der Waals surface area contributed by atoms with E-state index in [0.717, 1.165) is 13.1 Å². The van der Waals surface area contributed by atoms with Gasteiger partial charge in [0.05, 0.1) is 13.1 Å². The molecule has 0 saturated carbocycles. The third-order valence-electron chi connectivity index (χ3n) is 2.57. The number of carbonyl (C=O) groups is 1. The number of rotatable bonds is 8. The average Bonchev–Trinajstić information content (AvgIpc) is 2.08. The number of nitrogens with one attached hydrogen (secondary N) is 1. The molecule has 0 heterocycles. The molecule has 90 valence electrons. The van der Waals surface area contributed by atoms with Crippen LogP contribution >= 0.6 is 0 Å². The summed E-state index contributed by atoms with van der Waals surface area (Å²) in [5.74, 6) is 1.22. The Labute approximate surface area is 94.0 Å². The van der Waals surface area contributed by atoms with E-state index >= 15 is 0 Å². The smallest absolute Gasteiger partial charge is 0.272 e. The number of nitrogens with two attached hydrogens (primary N) is 1. The summed E-state index contributed by atoms with van der Waals surface area (Å²) in [6, 6.07) is 0. The zero-order valence-corrected chi connectivity index (χ0v) is 10.7. The van der Waals surface area contributed by atoms with E-state index < -0.39 is 0 Å². The summed E-state index contributed by atoms with van der Waals surface area (Å²) in [7, 11) is 0. The summed E-state index contributed by atoms with van der Waals surface area (Å²) in [5.41, 5.74) is 5.25. The highest BCUT2D eigenvalue weighted by Crippen LogP contribution is 1.97. The number of carbonyl (C=O) groups excluding carboxylic acids is 1. The maximum atomic E-state index is 10.9. The lowest BCUT2D eigenvalue weighted by Crippen LogP contribution is -3.13. The van der Waals surface area contributed by atoms with Crippen molar-refractivity contribution in [2.75, 3.05) is 19.6 Å². The number of hydrogen-bond donors (Lipinski definition) is 2. The Morgan fingerprint density at radius 2 is 1.47 bits per heavy atom. The maximum Gasteiger partial charge on any atom is 0.272 e. The number of quaternary nitrogens is 1. The van der Waals surface area contributed by atoms with E-state index in [-0.39, 0.29) is 5.91 Å². The molecule has 0 aliphatic rings. The fourth-order valence-corrected chi connectivity index (χ4v) is 1.53. The molecule has 0 atom stereocenters. The third kappa shape index (κ3) is 9.73. The highest BCUT2D eigenvalue weighted by molar-refractivity contribution is 5.74. The fraction of sp³-hybridized carbons (Fsp3) is 0.917. The zero-order chi connectivity index (χ0) is 11.8. The molecule has 0 aliphatic carbocycles. The lowest BCUT2D eigenvalue weighted by molar-refractivity contribution is -0.893. The van der Waals surface area contributed by atoms with Crippen molar-refractivity contribution in [1.82, 2.24) is 0 Å². The minimum absolute atomic E-state index is 0.183. The van der Waals surface area contributed by atoms with Gasteiger partial charge in [-0.05, 0) is 24.7 Å². The second kappa shape index (κ2) is 7.69. The standard InChI is InChI=1S/C12H26N2O/c1-10(2)5-7-14(9-12(13)15)8-6-11(3)4/h10-11H,5-9H2,1-4H3,(H2,13,15)/p+1. The molecular weight excluding hydrogens is 188 g/mol. The predicted octanol–water partition coefficient (Wildman–Crippen LogP) is 0.449. The fourth-order valence-electron chi connectivity index (χ4n) is 1.53. The molecule has 0 rings (SSSR count). The summed E-state index contributed by atoms with van der Waals surface area (Å²) in [4.78, 5) is 12.2. The molecule has 0 aromatic heterocycles. The average molecular weight is 215 g/mol. The number of amides is 1. The van der Waals surface area contributed by atoms with Crippen LogP contribution in [-0.2, 0) is 4.79 Å². The van der Waals surface area contributed by atoms with Crippen LogP contribution in [0, 0.1) is 11.8 Å². The second-order valence-electron chi connectivity index (χ2n) is 5.26. The van der Waals surface area contributed by atoms with Crippen LogP contribution in [0.5, 0.6) is 0 Å². The normalized spacial score (nSPS) is 11.7. The molecule has 3 nitrogen and oxygen atoms in total. The van der Waals surface area contributed by atoms with Gasteiger partial charge in [-0.1, -0.05) is 27.7 Å². The lowest BCUT2D eigenvalue weighted by atomic mass is 10.1. The minimum Gasteiger partial charge on any atom is -0.365 e. The molecule has 3 N–H and O–H groups in total. The van der Waals surface area contributed by atoms with Crippen LogP contribution in [0.15, 0.2) is 0 Å². The Bertz CT molecular complexity index is 166. The van der Waals surface area contributed by atoms with Crippen LogP contribution in [0.1, 0.15) is 40.5 Å². The highest BCUT2D eigenvalue weighted by Gasteiger charge is 2.12. The zero-order valence-electron chi connectivity index (χ0n) is 10.7. The van der Waals surface area contributed by atoms with Crippen LogP contribution in [0.25, 0.3) is 0 Å². The van der Waals surface area contributed by atoms with Crippen molar-refractivity contribution in [1.29, 1.82) is 0 Å². The van der Waals surface area contributed by atoms with Gasteiger partial charge < -0.3 is 10.6 Å². The molecule has 0 aromatic rings. The van der Waals surface area contributed by atoms with Crippen LogP contribution in [0.4, 0.5) is 0 Å². The summed E-state index contributed by atoms with van der Waals surface area (Å²) >= 11 is 0. The van der Waals surface area contributed by atoms with Crippen molar-refractivity contribution in [2.45, 2.75) is 40.5 Å². The summed E-state index contributed by atoms with van der Waals surface area (Å²) < 4.78 is 0. The van der Waals surface area contributed by atoms with Crippen molar-refractivity contribution in [3.8, 4) is 0 Å². The first kappa shape index (κ1) is 14.4. The van der Waals surface area contributed by atoms with Gasteiger partial charge in [0.15, 0.2) is 6.54 Å². The van der Waals surface area contributed by atoms with Crippen LogP contribution in [0.2, 0.25) is 0 Å². The Morgan fingerprint density at radius 3 is 1.73 bits per heavy atom. The molecule has 0 fully saturated rings. The van der Waals surface area contributed by atoms with E-state index in [9.17, 15) is 4.79 Å². The largest absolute Gasteiger partial charge is 0.365 e. The van der Waals surface area contributed by atoms with E-state index in [2.05, 4.69) is 27.7 Å². The second-order valence-corrected chi connectivity index (χ2v) is 5.26. The van der Waals surface area contributed by atoms with Crippen molar-refractivity contribution < 1.29 is 9.69 Å². The summed E-state index contributed by atoms with van der Waals surface area (Å²) in [6.45, 7) is 11.5. The first-order valence-corrected chi connectivity index (χ1v) is 6.03. The van der Waals surface area contributed by atoms with Crippen molar-refractivity contribution in [3.63, 3.8) is 0 Å². The topological polar surface area (TPSA) is 47.5 Å². The van der Waals surface area contributed by atoms with Crippen LogP contribution < -0.4 is 10.6 Å². The molecule has 3 heteroatoms. The molecule has 0 spiro atoms. The van der Waals surface area contributed by atoms with E-state index in [1.54, 1.807) is 0 Å². The molecular formula is C12H27N2O+. The predicted molar refractivity (Wildman–Crippen MR) is 63.7 cm³/mol. The Hall–Kier alpha value is -0.570. The Balaban J connectivity index is 3.89. The van der Waals surface area contributed by atoms with E-state index in [1.807, 2.05) is 0 Å². The van der Waals surface area contributed by atoms with E-state index in [1.165, 1.54) is 17.7 Å². The molecule has 15 heavy (non-hydrogen) atoms. The molecule has 0 radical (unpaired) electrons. The first-order chi connectivity index (χ1) is 6.91. The molecule has 0 bridgehead atoms. The van der Waals surface area contributed by atoms with Gasteiger partial charge in [0.1, 0.15) is 0 Å². The van der Waals surface area contributed by atoms with Gasteiger partial charge in [0, 0.05) is 0 Å². The highest BCUT2D eigenvalue weighted by atomic mass is 16.1. The van der Waals surface area contributed by atoms with Gasteiger partial charge in [0.2, 0.25) is 0 Å². The lowest BCUT2D eigenvalue weighted by Gasteiger charge is -2.19. The quantitative estimate of drug-likeness (QED) is 0.607. The first-order valence-electron chi connectivity index (χ1n) is 6.03. The minimum atomic E-state index is -0.183. The van der Waals surface area contributed by atoms with Crippen LogP contribution in [-0.4, -0.2) is 25.5 Å². The monoisotopic (exact) mass is 215 g/mol. The molecule has 0 aromatic carbocycles. The molecule has 0 saturated heterocycles. The van der Waals surface area contributed by atoms with Crippen molar-refractivity contribution in [3.05, 3.63) is 0 Å². The van der Waals surface area contributed by atoms with Gasteiger partial charge in [-0.2, -0.15) is 0 Å². The molecule has 0 aliphatic heterocycles. The van der Waals surface area contributed by atoms with Gasteiger partial charge in [-0.25, -0.2) is 0 Å².